The van der Waals surface area contributed by atoms with Gasteiger partial charge < -0.3 is 29.9 Å². The van der Waals surface area contributed by atoms with Crippen LogP contribution < -0.4 is 20.4 Å². The Bertz CT molecular complexity index is 1780. The number of aromatic nitrogens is 3. The third kappa shape index (κ3) is 7.01. The first kappa shape index (κ1) is 31.9. The number of carbonyl (C=O) groups is 1. The fourth-order valence-corrected chi connectivity index (χ4v) is 7.63. The van der Waals surface area contributed by atoms with Crippen molar-refractivity contribution in [2.24, 2.45) is 5.92 Å². The molecule has 3 fully saturated rings. The summed E-state index contributed by atoms with van der Waals surface area (Å²) in [6, 6.07) is 7.51. The molecule has 3 aliphatic heterocycles. The van der Waals surface area contributed by atoms with Crippen molar-refractivity contribution in [3.05, 3.63) is 42.2 Å². The molecule has 5 heterocycles. The van der Waals surface area contributed by atoms with Crippen LogP contribution in [0.5, 0.6) is 0 Å². The Labute approximate surface area is 268 Å². The van der Waals surface area contributed by atoms with E-state index < -0.39 is 22.1 Å². The Balaban J connectivity index is 1.30. The van der Waals surface area contributed by atoms with E-state index in [1.165, 1.54) is 13.4 Å². The van der Waals surface area contributed by atoms with E-state index in [0.717, 1.165) is 22.0 Å². The number of ether oxygens (including phenoxy) is 2. The normalized spacial score (nSPS) is 23.5. The van der Waals surface area contributed by atoms with Gasteiger partial charge in [0.05, 0.1) is 37.7 Å². The third-order valence-electron chi connectivity index (χ3n) is 8.75. The molecule has 14 heteroatoms. The molecule has 4 atom stereocenters. The zero-order chi connectivity index (χ0) is 32.4. The first-order chi connectivity index (χ1) is 22.1. The zero-order valence-electron chi connectivity index (χ0n) is 26.1. The summed E-state index contributed by atoms with van der Waals surface area (Å²) in [6.07, 6.45) is 3.67. The van der Waals surface area contributed by atoms with Crippen LogP contribution in [0.25, 0.3) is 10.8 Å². The molecule has 6 rings (SSSR count). The summed E-state index contributed by atoms with van der Waals surface area (Å²) in [5.41, 5.74) is 1.95. The van der Waals surface area contributed by atoms with Gasteiger partial charge in [-0.2, -0.15) is 4.98 Å². The van der Waals surface area contributed by atoms with E-state index in [9.17, 15) is 17.6 Å². The monoisotopic (exact) mass is 651 g/mol. The van der Waals surface area contributed by atoms with E-state index in [0.29, 0.717) is 56.9 Å². The molecule has 1 amide bonds. The minimum Gasteiger partial charge on any atom is -0.379 e. The van der Waals surface area contributed by atoms with Gasteiger partial charge >= 0.3 is 0 Å². The van der Waals surface area contributed by atoms with Crippen LogP contribution in [0.1, 0.15) is 24.8 Å². The fraction of sp³-hybridized carbons (Fsp3) is 0.500. The molecule has 0 bridgehead atoms. The number of methoxy groups -OCH3 is 1. The largest absolute Gasteiger partial charge is 0.379 e. The van der Waals surface area contributed by atoms with E-state index in [2.05, 4.69) is 43.4 Å². The number of rotatable bonds is 9. The molecule has 0 saturated carbocycles. The second kappa shape index (κ2) is 13.4. The van der Waals surface area contributed by atoms with Crippen LogP contribution in [0.15, 0.2) is 36.7 Å². The van der Waals surface area contributed by atoms with Crippen molar-refractivity contribution in [2.45, 2.75) is 37.6 Å². The maximum Gasteiger partial charge on any atom is 0.296 e. The van der Waals surface area contributed by atoms with Crippen LogP contribution in [-0.4, -0.2) is 106 Å². The molecule has 0 radical (unpaired) electrons. The molecular formula is C32H38FN7O5S. The lowest BCUT2D eigenvalue weighted by molar-refractivity contribution is -0.116. The molecular weight excluding hydrogens is 613 g/mol. The molecule has 46 heavy (non-hydrogen) atoms. The lowest BCUT2D eigenvalue weighted by atomic mass is 9.89. The minimum atomic E-state index is -3.07. The van der Waals surface area contributed by atoms with Crippen LogP contribution in [0.3, 0.4) is 0 Å². The number of nitrogens with zero attached hydrogens (tertiary/aromatic N) is 5. The van der Waals surface area contributed by atoms with Gasteiger partial charge in [0.2, 0.25) is 5.95 Å². The second-order valence-electron chi connectivity index (χ2n) is 12.1. The highest BCUT2D eigenvalue weighted by molar-refractivity contribution is 7.90. The van der Waals surface area contributed by atoms with Gasteiger partial charge in [-0.1, -0.05) is 12.0 Å². The number of carbonyl (C=O) groups excluding carboxylic acids is 1. The summed E-state index contributed by atoms with van der Waals surface area (Å²) in [5, 5.41) is 8.11. The fourth-order valence-electron chi connectivity index (χ4n) is 6.57. The first-order valence-electron chi connectivity index (χ1n) is 15.3. The van der Waals surface area contributed by atoms with Gasteiger partial charge in [0, 0.05) is 68.3 Å². The van der Waals surface area contributed by atoms with Crippen molar-refractivity contribution in [2.75, 3.05) is 73.6 Å². The van der Waals surface area contributed by atoms with Gasteiger partial charge in [-0.25, -0.2) is 22.8 Å². The van der Waals surface area contributed by atoms with Gasteiger partial charge in [-0.15, -0.1) is 0 Å². The number of pyridine rings is 1. The molecule has 0 unspecified atom stereocenters. The highest BCUT2D eigenvalue weighted by Crippen LogP contribution is 2.39. The summed E-state index contributed by atoms with van der Waals surface area (Å²) < 4.78 is 49.3. The number of hydrogen-bond donors (Lipinski definition) is 2. The molecule has 0 aliphatic carbocycles. The van der Waals surface area contributed by atoms with Gasteiger partial charge in [-0.05, 0) is 48.4 Å². The van der Waals surface area contributed by atoms with Crippen molar-refractivity contribution in [3.8, 4) is 11.8 Å². The molecule has 1 aromatic carbocycles. The van der Waals surface area contributed by atoms with Crippen molar-refractivity contribution in [3.63, 3.8) is 0 Å². The molecule has 12 nitrogen and oxygen atoms in total. The van der Waals surface area contributed by atoms with E-state index in [1.807, 2.05) is 17.0 Å². The number of alkyl halides is 1. The van der Waals surface area contributed by atoms with Crippen LogP contribution >= 0.6 is 0 Å². The number of halogens is 1. The van der Waals surface area contributed by atoms with E-state index in [1.54, 1.807) is 25.4 Å². The second-order valence-corrected chi connectivity index (χ2v) is 14.3. The maximum absolute atomic E-state index is 14.6. The maximum atomic E-state index is 14.6. The summed E-state index contributed by atoms with van der Waals surface area (Å²) in [7, 11) is -1.54. The zero-order valence-corrected chi connectivity index (χ0v) is 26.9. The average Bonchev–Trinajstić information content (AvgIpc) is 3.45. The van der Waals surface area contributed by atoms with Gasteiger partial charge in [0.25, 0.3) is 5.91 Å². The highest BCUT2D eigenvalue weighted by Gasteiger charge is 2.35. The van der Waals surface area contributed by atoms with Gasteiger partial charge in [0.15, 0.2) is 0 Å². The SMILES string of the molecule is CC#CC(=O)N[C@H]1COC[C@H]1c1ccc(N2CC(CS(C)(=O)=O)C2)c2cnc(Nc3ccnc(N4CC[C@@H](OC)[C@@H](F)C4)n3)cc12. The number of anilines is 4. The number of hydrogen-bond acceptors (Lipinski definition) is 11. The molecule has 0 spiro atoms. The number of piperidine rings is 1. The van der Waals surface area contributed by atoms with Crippen LogP contribution in [0.4, 0.5) is 27.7 Å². The van der Waals surface area contributed by atoms with E-state index >= 15 is 0 Å². The predicted octanol–water partition coefficient (Wildman–Crippen LogP) is 2.43. The lowest BCUT2D eigenvalue weighted by Gasteiger charge is -2.41. The minimum absolute atomic E-state index is 0.0704. The quantitative estimate of drug-likeness (QED) is 0.330. The van der Waals surface area contributed by atoms with Crippen LogP contribution in [-0.2, 0) is 24.1 Å². The van der Waals surface area contributed by atoms with Gasteiger partial charge in [-0.3, -0.25) is 4.79 Å². The standard InChI is InChI=1S/C32H38FN7O5S/c1-4-5-31(41)36-26-18-45-17-24(26)21-6-7-27(40-14-20(15-40)19-46(3,42)43)23-13-35-30(12-22(21)23)37-29-8-10-34-32(38-29)39-11-9-28(44-2)25(33)16-39/h6-8,10,12-13,20,24-26,28H,9,11,14-19H2,1-3H3,(H,36,41)(H,34,35,37,38)/t24-,25-,26-,28+/m0/s1. The Morgan fingerprint density at radius 1 is 1.13 bits per heavy atom. The molecule has 3 aliphatic rings. The average molecular weight is 652 g/mol. The van der Waals surface area contributed by atoms with Crippen LogP contribution in [0.2, 0.25) is 0 Å². The summed E-state index contributed by atoms with van der Waals surface area (Å²) in [5.74, 6) is 6.41. The lowest BCUT2D eigenvalue weighted by Crippen LogP contribution is -2.49. The summed E-state index contributed by atoms with van der Waals surface area (Å²) in [6.45, 7) is 4.40. The first-order valence-corrected chi connectivity index (χ1v) is 17.4. The Hall–Kier alpha value is -4.06. The topological polar surface area (TPSA) is 139 Å². The van der Waals surface area contributed by atoms with Crippen molar-refractivity contribution in [1.29, 1.82) is 0 Å². The Morgan fingerprint density at radius 2 is 1.96 bits per heavy atom. The van der Waals surface area contributed by atoms with Crippen LogP contribution in [0, 0.1) is 17.8 Å². The number of nitrogens with one attached hydrogen (secondary N) is 2. The van der Waals surface area contributed by atoms with Gasteiger partial charge in [0.1, 0.15) is 27.6 Å². The van der Waals surface area contributed by atoms with E-state index in [4.69, 9.17) is 14.5 Å². The summed E-state index contributed by atoms with van der Waals surface area (Å²) in [4.78, 5) is 30.1. The number of amides is 1. The van der Waals surface area contributed by atoms with E-state index in [-0.39, 0.29) is 36.1 Å². The summed E-state index contributed by atoms with van der Waals surface area (Å²) >= 11 is 0. The smallest absolute Gasteiger partial charge is 0.296 e. The molecule has 3 saturated heterocycles. The van der Waals surface area contributed by atoms with Crippen molar-refractivity contribution >= 4 is 49.8 Å². The highest BCUT2D eigenvalue weighted by atomic mass is 32.2. The number of benzene rings is 1. The molecule has 2 N–H and O–H groups in total. The van der Waals surface area contributed by atoms with Crippen molar-refractivity contribution in [1.82, 2.24) is 20.3 Å². The third-order valence-corrected chi connectivity index (χ3v) is 9.83. The van der Waals surface area contributed by atoms with Crippen molar-refractivity contribution < 1.29 is 27.1 Å². The number of fused-ring (bicyclic) bond motifs is 1. The molecule has 2 aromatic heterocycles. The Morgan fingerprint density at radius 3 is 2.70 bits per heavy atom. The molecule has 3 aromatic rings. The number of sulfone groups is 1. The predicted molar refractivity (Wildman–Crippen MR) is 174 cm³/mol. The Kier molecular flexibility index (Phi) is 9.26. The molecule has 244 valence electrons.